The van der Waals surface area contributed by atoms with Crippen molar-refractivity contribution < 1.29 is 42.1 Å². The molecule has 0 saturated carbocycles. The highest BCUT2D eigenvalue weighted by Gasteiger charge is 2.38. The molecule has 0 amide bonds. The summed E-state index contributed by atoms with van der Waals surface area (Å²) in [6, 6.07) is 19.9. The first kappa shape index (κ1) is 30.9. The molecule has 1 aromatic heterocycles. The number of anilines is 2. The fourth-order valence-corrected chi connectivity index (χ4v) is 4.75. The number of aryl methyl sites for hydroxylation is 1. The van der Waals surface area contributed by atoms with Gasteiger partial charge in [0.1, 0.15) is 11.3 Å². The van der Waals surface area contributed by atoms with Crippen molar-refractivity contribution in [3.8, 4) is 5.75 Å². The molecule has 0 spiro atoms. The summed E-state index contributed by atoms with van der Waals surface area (Å²) in [7, 11) is 1.65. The summed E-state index contributed by atoms with van der Waals surface area (Å²) in [6.07, 6.45) is -5.08. The van der Waals surface area contributed by atoms with Gasteiger partial charge in [0.25, 0.3) is 0 Å². The zero-order valence-corrected chi connectivity index (χ0v) is 23.4. The lowest BCUT2D eigenvalue weighted by Crippen LogP contribution is -2.45. The molecule has 3 N–H and O–H groups in total. The molecule has 43 heavy (non-hydrogen) atoms. The Morgan fingerprint density at radius 2 is 1.67 bits per heavy atom. The van der Waals surface area contributed by atoms with Crippen molar-refractivity contribution in [2.75, 3.05) is 30.4 Å². The summed E-state index contributed by atoms with van der Waals surface area (Å²) in [5.41, 5.74) is 4.08. The molecular weight excluding hydrogens is 569 g/mol. The normalized spacial score (nSPS) is 13.9. The number of carboxylic acids is 2. The van der Waals surface area contributed by atoms with E-state index in [9.17, 15) is 27.9 Å². The van der Waals surface area contributed by atoms with Gasteiger partial charge in [0.05, 0.1) is 24.1 Å². The van der Waals surface area contributed by atoms with E-state index in [1.807, 2.05) is 38.1 Å². The lowest BCUT2D eigenvalue weighted by Gasteiger charge is -2.40. The van der Waals surface area contributed by atoms with Gasteiger partial charge in [-0.05, 0) is 55.3 Å². The molecule has 9 nitrogen and oxygen atoms in total. The third-order valence-corrected chi connectivity index (χ3v) is 7.01. The summed E-state index contributed by atoms with van der Waals surface area (Å²) < 4.78 is 43.3. The van der Waals surface area contributed by atoms with Crippen molar-refractivity contribution in [3.63, 3.8) is 0 Å². The Bertz CT molecular complexity index is 1690. The zero-order chi connectivity index (χ0) is 31.5. The molecule has 5 rings (SSSR count). The van der Waals surface area contributed by atoms with Gasteiger partial charge in [0, 0.05) is 36.3 Å². The van der Waals surface area contributed by atoms with Crippen molar-refractivity contribution in [1.82, 2.24) is 0 Å². The maximum Gasteiger partial charge on any atom is 0.490 e. The topological polar surface area (TPSA) is 129 Å². The first-order valence-corrected chi connectivity index (χ1v) is 13.1. The lowest BCUT2D eigenvalue weighted by molar-refractivity contribution is -0.192. The fourth-order valence-electron chi connectivity index (χ4n) is 4.75. The molecule has 226 valence electrons. The van der Waals surface area contributed by atoms with Gasteiger partial charge in [-0.25, -0.2) is 9.59 Å². The predicted octanol–water partition coefficient (Wildman–Crippen LogP) is 6.22. The highest BCUT2D eigenvalue weighted by atomic mass is 19.4. The number of hydrogen-bond donors (Lipinski definition) is 3. The number of aliphatic carboxylic acids is 1. The maximum atomic E-state index is 13.1. The molecule has 1 aliphatic rings. The summed E-state index contributed by atoms with van der Waals surface area (Å²) >= 11 is 0. The van der Waals surface area contributed by atoms with Crippen LogP contribution in [0.5, 0.6) is 5.75 Å². The van der Waals surface area contributed by atoms with Gasteiger partial charge < -0.3 is 29.6 Å². The van der Waals surface area contributed by atoms with Crippen LogP contribution in [0.25, 0.3) is 11.0 Å². The molecule has 2 heterocycles. The number of carbonyl (C=O) groups is 2. The number of methoxy groups -OCH3 is 1. The molecule has 1 saturated heterocycles. The van der Waals surface area contributed by atoms with Crippen molar-refractivity contribution in [2.45, 2.75) is 32.0 Å². The number of para-hydroxylation sites is 1. The van der Waals surface area contributed by atoms with E-state index in [4.69, 9.17) is 19.1 Å². The molecule has 1 unspecified atom stereocenters. The average molecular weight is 599 g/mol. The molecule has 1 atom stereocenters. The number of ether oxygens (including phenoxy) is 1. The van der Waals surface area contributed by atoms with E-state index in [-0.39, 0.29) is 17.0 Å². The summed E-state index contributed by atoms with van der Waals surface area (Å²) in [4.78, 5) is 35.7. The highest BCUT2D eigenvalue weighted by Crippen LogP contribution is 2.35. The third-order valence-electron chi connectivity index (χ3n) is 7.01. The first-order chi connectivity index (χ1) is 20.3. The minimum absolute atomic E-state index is 0.0952. The van der Waals surface area contributed by atoms with Crippen LogP contribution in [0.3, 0.4) is 0 Å². The van der Waals surface area contributed by atoms with Crippen molar-refractivity contribution in [1.29, 1.82) is 0 Å². The minimum atomic E-state index is -5.08. The van der Waals surface area contributed by atoms with Gasteiger partial charge in [-0.1, -0.05) is 30.3 Å². The minimum Gasteiger partial charge on any atom is -0.497 e. The average Bonchev–Trinajstić information content (AvgIpc) is 2.92. The van der Waals surface area contributed by atoms with Crippen LogP contribution >= 0.6 is 0 Å². The number of benzene rings is 3. The summed E-state index contributed by atoms with van der Waals surface area (Å²) in [6.45, 7) is 5.37. The van der Waals surface area contributed by atoms with Gasteiger partial charge >= 0.3 is 18.1 Å². The molecule has 3 aromatic carbocycles. The van der Waals surface area contributed by atoms with Gasteiger partial charge in [-0.2, -0.15) is 13.2 Å². The van der Waals surface area contributed by atoms with E-state index in [1.54, 1.807) is 37.4 Å². The van der Waals surface area contributed by atoms with Crippen LogP contribution in [0.1, 0.15) is 45.9 Å². The van der Waals surface area contributed by atoms with Crippen LogP contribution in [0.2, 0.25) is 0 Å². The molecule has 1 aliphatic heterocycles. The summed E-state index contributed by atoms with van der Waals surface area (Å²) in [5, 5.41) is 20.5. The van der Waals surface area contributed by atoms with E-state index < -0.39 is 18.1 Å². The van der Waals surface area contributed by atoms with E-state index in [0.29, 0.717) is 28.5 Å². The molecule has 0 aliphatic carbocycles. The van der Waals surface area contributed by atoms with Crippen LogP contribution in [0.15, 0.2) is 75.9 Å². The second-order valence-electron chi connectivity index (χ2n) is 10.1. The van der Waals surface area contributed by atoms with E-state index >= 15 is 0 Å². The van der Waals surface area contributed by atoms with Gasteiger partial charge in [0.2, 0.25) is 0 Å². The number of halogens is 3. The van der Waals surface area contributed by atoms with Crippen molar-refractivity contribution >= 4 is 34.5 Å². The Hall–Kier alpha value is -5.00. The monoisotopic (exact) mass is 598 g/mol. The Morgan fingerprint density at radius 1 is 1.05 bits per heavy atom. The number of fused-ring (bicyclic) bond motifs is 1. The first-order valence-electron chi connectivity index (χ1n) is 13.1. The molecular formula is C31H29F3N2O7. The molecule has 0 bridgehead atoms. The second-order valence-corrected chi connectivity index (χ2v) is 10.1. The standard InChI is InChI=1S/C29H28N2O5.C2HF3O2/c1-17-12-23(18(2)30-25-7-5-4-6-22(25)29(33)34)28-24(13-17)26(32)14-27(36-28)31-15-20(16-31)19-8-10-21(35-3)11-9-19;3-2(4,5)1(6)7/h4-14,18,20,30H,15-16H2,1-3H3,(H,33,34);(H,6,7). The SMILES string of the molecule is COc1ccc(C2CN(c3cc(=O)c4cc(C)cc(C(C)Nc5ccccc5C(=O)O)c4o3)C2)cc1.O=C(O)C(F)(F)F. The second kappa shape index (κ2) is 12.5. The molecule has 0 radical (unpaired) electrons. The number of aromatic carboxylic acids is 1. The van der Waals surface area contributed by atoms with Crippen molar-refractivity contribution in [3.05, 3.63) is 99.2 Å². The smallest absolute Gasteiger partial charge is 0.490 e. The largest absolute Gasteiger partial charge is 0.497 e. The number of alkyl halides is 3. The zero-order valence-electron chi connectivity index (χ0n) is 23.4. The molecule has 1 fully saturated rings. The number of nitrogens with zero attached hydrogens (tertiary/aromatic N) is 1. The van der Waals surface area contributed by atoms with Gasteiger partial charge in [-0.3, -0.25) is 4.79 Å². The molecule has 12 heteroatoms. The number of nitrogens with one attached hydrogen (secondary N) is 1. The van der Waals surface area contributed by atoms with Crippen LogP contribution in [-0.4, -0.2) is 48.5 Å². The third kappa shape index (κ3) is 7.08. The fraction of sp³-hybridized carbons (Fsp3) is 0.258. The lowest BCUT2D eigenvalue weighted by atomic mass is 9.91. The maximum absolute atomic E-state index is 13.1. The van der Waals surface area contributed by atoms with Crippen LogP contribution < -0.4 is 20.4 Å². The predicted molar refractivity (Wildman–Crippen MR) is 154 cm³/mol. The van der Waals surface area contributed by atoms with E-state index in [2.05, 4.69) is 22.3 Å². The summed E-state index contributed by atoms with van der Waals surface area (Å²) in [5.74, 6) is -2.04. The van der Waals surface area contributed by atoms with Crippen LogP contribution in [0, 0.1) is 6.92 Å². The van der Waals surface area contributed by atoms with Gasteiger partial charge in [-0.15, -0.1) is 0 Å². The van der Waals surface area contributed by atoms with Crippen LogP contribution in [0.4, 0.5) is 24.7 Å². The number of carboxylic acid groups (broad SMARTS) is 2. The number of hydrogen-bond acceptors (Lipinski definition) is 7. The quantitative estimate of drug-likeness (QED) is 0.227. The highest BCUT2D eigenvalue weighted by molar-refractivity contribution is 5.94. The van der Waals surface area contributed by atoms with Gasteiger partial charge in [0.15, 0.2) is 11.3 Å². The Morgan fingerprint density at radius 3 is 2.26 bits per heavy atom. The van der Waals surface area contributed by atoms with Crippen LogP contribution in [-0.2, 0) is 4.79 Å². The van der Waals surface area contributed by atoms with Crippen molar-refractivity contribution in [2.24, 2.45) is 0 Å². The Labute approximate surface area is 244 Å². The Balaban J connectivity index is 0.000000541. The molecule has 4 aromatic rings. The van der Waals surface area contributed by atoms with E-state index in [1.165, 1.54) is 5.56 Å². The Kier molecular flexibility index (Phi) is 8.98. The van der Waals surface area contributed by atoms with E-state index in [0.717, 1.165) is 30.0 Å². The number of rotatable bonds is 7.